The molecule has 1 aromatic carbocycles. The number of nitrogens with zero attached hydrogens (tertiary/aromatic N) is 3. The average molecular weight is 481 g/mol. The molecule has 7 nitrogen and oxygen atoms in total. The van der Waals surface area contributed by atoms with Crippen LogP contribution in [0.25, 0.3) is 0 Å². The fourth-order valence-electron chi connectivity index (χ4n) is 4.14. The number of thiophene rings is 1. The Balaban J connectivity index is 1.46. The third-order valence-corrected chi connectivity index (χ3v) is 7.00. The summed E-state index contributed by atoms with van der Waals surface area (Å²) in [7, 11) is 3.54. The number of benzene rings is 1. The van der Waals surface area contributed by atoms with Gasteiger partial charge in [-0.3, -0.25) is 4.79 Å². The minimum Gasteiger partial charge on any atom is -0.485 e. The summed E-state index contributed by atoms with van der Waals surface area (Å²) >= 11 is 1.71. The number of likely N-dealkylation sites (N-methyl/N-ethyl adjacent to an activating group) is 1. The zero-order chi connectivity index (χ0) is 23.9. The van der Waals surface area contributed by atoms with Crippen LogP contribution < -0.4 is 19.7 Å². The van der Waals surface area contributed by atoms with E-state index in [1.165, 1.54) is 4.88 Å². The maximum absolute atomic E-state index is 13.3. The van der Waals surface area contributed by atoms with Crippen LogP contribution in [0, 0.1) is 0 Å². The van der Waals surface area contributed by atoms with Gasteiger partial charge in [0, 0.05) is 49.7 Å². The zero-order valence-corrected chi connectivity index (χ0v) is 20.8. The topological polar surface area (TPSA) is 66.9 Å². The first kappa shape index (κ1) is 24.0. The van der Waals surface area contributed by atoms with Crippen molar-refractivity contribution in [1.29, 1.82) is 0 Å². The summed E-state index contributed by atoms with van der Waals surface area (Å²) < 4.78 is 11.6. The normalized spacial score (nSPS) is 14.5. The van der Waals surface area contributed by atoms with Crippen LogP contribution in [0.4, 0.5) is 5.69 Å². The van der Waals surface area contributed by atoms with E-state index in [0.717, 1.165) is 43.1 Å². The summed E-state index contributed by atoms with van der Waals surface area (Å²) in [5.41, 5.74) is 2.56. The fraction of sp³-hybridized carbons (Fsp3) is 0.385. The molecule has 1 atom stereocenters. The summed E-state index contributed by atoms with van der Waals surface area (Å²) in [6.45, 7) is 5.73. The van der Waals surface area contributed by atoms with Gasteiger partial charge >= 0.3 is 0 Å². The lowest BCUT2D eigenvalue weighted by Gasteiger charge is -2.23. The van der Waals surface area contributed by atoms with E-state index in [4.69, 9.17) is 9.47 Å². The third-order valence-electron chi connectivity index (χ3n) is 6.04. The highest BCUT2D eigenvalue weighted by Crippen LogP contribution is 2.30. The van der Waals surface area contributed by atoms with Gasteiger partial charge in [-0.2, -0.15) is 0 Å². The van der Waals surface area contributed by atoms with Crippen molar-refractivity contribution in [3.05, 3.63) is 70.0 Å². The predicted molar refractivity (Wildman–Crippen MR) is 136 cm³/mol. The van der Waals surface area contributed by atoms with Crippen molar-refractivity contribution < 1.29 is 14.3 Å². The number of fused-ring (bicyclic) bond motifs is 1. The summed E-state index contributed by atoms with van der Waals surface area (Å²) in [4.78, 5) is 22.9. The molecule has 0 fully saturated rings. The summed E-state index contributed by atoms with van der Waals surface area (Å²) in [6, 6.07) is 14.1. The Morgan fingerprint density at radius 1 is 1.18 bits per heavy atom. The lowest BCUT2D eigenvalue weighted by molar-refractivity contribution is 0.0754. The van der Waals surface area contributed by atoms with Gasteiger partial charge in [0.2, 0.25) is 5.88 Å². The second-order valence-electron chi connectivity index (χ2n) is 8.21. The molecule has 1 aliphatic heterocycles. The first-order valence-corrected chi connectivity index (χ1v) is 12.5. The molecule has 0 saturated heterocycles. The molecule has 180 valence electrons. The van der Waals surface area contributed by atoms with Crippen molar-refractivity contribution >= 4 is 22.9 Å². The molecule has 2 aromatic heterocycles. The minimum atomic E-state index is -0.00810. The Morgan fingerprint density at radius 3 is 2.65 bits per heavy atom. The molecule has 0 bridgehead atoms. The van der Waals surface area contributed by atoms with E-state index in [-0.39, 0.29) is 12.0 Å². The van der Waals surface area contributed by atoms with Gasteiger partial charge in [-0.25, -0.2) is 4.98 Å². The van der Waals surface area contributed by atoms with Crippen LogP contribution in [0.5, 0.6) is 11.6 Å². The first-order chi connectivity index (χ1) is 16.6. The number of methoxy groups -OCH3 is 1. The molecule has 1 amide bonds. The summed E-state index contributed by atoms with van der Waals surface area (Å²) in [5.74, 6) is 1.34. The summed E-state index contributed by atoms with van der Waals surface area (Å²) in [6.07, 6.45) is 2.55. The van der Waals surface area contributed by atoms with Crippen LogP contribution in [-0.4, -0.2) is 56.1 Å². The van der Waals surface area contributed by atoms with E-state index in [0.29, 0.717) is 24.5 Å². The first-order valence-electron chi connectivity index (χ1n) is 11.6. The number of nitrogens with one attached hydrogen (secondary N) is 1. The molecule has 0 saturated carbocycles. The lowest BCUT2D eigenvalue weighted by atomic mass is 10.1. The molecule has 4 rings (SSSR count). The van der Waals surface area contributed by atoms with Crippen molar-refractivity contribution in [2.45, 2.75) is 26.0 Å². The van der Waals surface area contributed by atoms with Crippen molar-refractivity contribution in [2.75, 3.05) is 45.2 Å². The van der Waals surface area contributed by atoms with Gasteiger partial charge in [0.05, 0.1) is 18.4 Å². The highest BCUT2D eigenvalue weighted by Gasteiger charge is 2.27. The number of aromatic nitrogens is 1. The van der Waals surface area contributed by atoms with Crippen molar-refractivity contribution in [2.24, 2.45) is 0 Å². The Kier molecular flexibility index (Phi) is 8.03. The molecular weight excluding hydrogens is 448 g/mol. The molecule has 3 aromatic rings. The van der Waals surface area contributed by atoms with Gasteiger partial charge in [-0.15, -0.1) is 11.3 Å². The van der Waals surface area contributed by atoms with Crippen LogP contribution >= 0.6 is 11.3 Å². The number of carbonyl (C=O) groups excluding carboxylic acids is 1. The standard InChI is InChI=1S/C26H32N4O3S/c1-4-29-13-14-30(26(31)21-17-28-25(32-3)16-22(21)29)18-19-7-9-20(10-8-19)33-23(11-12-27-2)24-6-5-15-34-24/h5-10,15-17,23,27H,4,11-14,18H2,1-3H3/t23-/m0/s1. The molecule has 0 radical (unpaired) electrons. The highest BCUT2D eigenvalue weighted by molar-refractivity contribution is 7.10. The number of pyridine rings is 1. The van der Waals surface area contributed by atoms with Crippen LogP contribution in [0.1, 0.15) is 40.2 Å². The van der Waals surface area contributed by atoms with Crippen molar-refractivity contribution in [3.8, 4) is 11.6 Å². The number of ether oxygens (including phenoxy) is 2. The van der Waals surface area contributed by atoms with E-state index in [9.17, 15) is 4.79 Å². The van der Waals surface area contributed by atoms with Gasteiger partial charge in [-0.05, 0) is 49.7 Å². The summed E-state index contributed by atoms with van der Waals surface area (Å²) in [5, 5.41) is 5.28. The quantitative estimate of drug-likeness (QED) is 0.465. The highest BCUT2D eigenvalue weighted by atomic mass is 32.1. The molecule has 0 aliphatic carbocycles. The van der Waals surface area contributed by atoms with E-state index in [1.807, 2.05) is 42.3 Å². The van der Waals surface area contributed by atoms with Gasteiger partial charge in [-0.1, -0.05) is 18.2 Å². The molecular formula is C26H32N4O3S. The molecule has 3 heterocycles. The zero-order valence-electron chi connectivity index (χ0n) is 20.0. The van der Waals surface area contributed by atoms with Crippen molar-refractivity contribution in [1.82, 2.24) is 15.2 Å². The number of rotatable bonds is 10. The maximum atomic E-state index is 13.3. The number of anilines is 1. The monoisotopic (exact) mass is 480 g/mol. The molecule has 8 heteroatoms. The van der Waals surface area contributed by atoms with Crippen LogP contribution in [-0.2, 0) is 6.54 Å². The maximum Gasteiger partial charge on any atom is 0.257 e. The van der Waals surface area contributed by atoms with Gasteiger partial charge in [0.15, 0.2) is 0 Å². The van der Waals surface area contributed by atoms with Crippen LogP contribution in [0.3, 0.4) is 0 Å². The van der Waals surface area contributed by atoms with Gasteiger partial charge in [0.1, 0.15) is 11.9 Å². The number of amides is 1. The smallest absolute Gasteiger partial charge is 0.257 e. The Morgan fingerprint density at radius 2 is 1.97 bits per heavy atom. The van der Waals surface area contributed by atoms with Crippen LogP contribution in [0.2, 0.25) is 0 Å². The number of carbonyl (C=O) groups is 1. The molecule has 1 aliphatic rings. The minimum absolute atomic E-state index is 0.00810. The van der Waals surface area contributed by atoms with Crippen molar-refractivity contribution in [3.63, 3.8) is 0 Å². The molecule has 1 N–H and O–H groups in total. The van der Waals surface area contributed by atoms with E-state index in [2.05, 4.69) is 39.6 Å². The SMILES string of the molecule is CCN1CCN(Cc2ccc(O[C@@H](CCNC)c3cccs3)cc2)C(=O)c2cnc(OC)cc21. The molecule has 0 unspecified atom stereocenters. The second-order valence-corrected chi connectivity index (χ2v) is 9.19. The Labute approximate surface area is 205 Å². The van der Waals surface area contributed by atoms with Gasteiger partial charge in [0.25, 0.3) is 5.91 Å². The van der Waals surface area contributed by atoms with E-state index < -0.39 is 0 Å². The molecule has 34 heavy (non-hydrogen) atoms. The largest absolute Gasteiger partial charge is 0.485 e. The van der Waals surface area contributed by atoms with E-state index in [1.54, 1.807) is 24.6 Å². The third kappa shape index (κ3) is 5.51. The fourth-order valence-corrected chi connectivity index (χ4v) is 4.93. The lowest BCUT2D eigenvalue weighted by Crippen LogP contribution is -2.34. The Hall–Kier alpha value is -3.10. The molecule has 0 spiro atoms. The average Bonchev–Trinajstić information content (AvgIpc) is 3.37. The van der Waals surface area contributed by atoms with E-state index >= 15 is 0 Å². The Bertz CT molecular complexity index is 1070. The van der Waals surface area contributed by atoms with Crippen LogP contribution in [0.15, 0.2) is 54.0 Å². The predicted octanol–water partition coefficient (Wildman–Crippen LogP) is 4.36. The number of hydrogen-bond acceptors (Lipinski definition) is 7. The second kappa shape index (κ2) is 11.4. The number of hydrogen-bond donors (Lipinski definition) is 1. The van der Waals surface area contributed by atoms with Gasteiger partial charge < -0.3 is 24.6 Å².